The van der Waals surface area contributed by atoms with Crippen LogP contribution in [0.15, 0.2) is 82.5 Å². The molecule has 0 atom stereocenters. The highest BCUT2D eigenvalue weighted by Gasteiger charge is 2.06. The van der Waals surface area contributed by atoms with Crippen LogP contribution in [0.4, 0.5) is 0 Å². The zero-order chi connectivity index (χ0) is 16.8. The molecule has 0 aliphatic rings. The Morgan fingerprint density at radius 3 is 2.67 bits per heavy atom. The van der Waals surface area contributed by atoms with E-state index >= 15 is 0 Å². The molecule has 0 amide bonds. The molecule has 0 fully saturated rings. The Hall–Kier alpha value is -2.79. The fourth-order valence-corrected chi connectivity index (χ4v) is 2.94. The number of nitrogens with zero attached hydrogens (tertiary/aromatic N) is 4. The van der Waals surface area contributed by atoms with Crippen LogP contribution in [-0.4, -0.2) is 22.4 Å². The Balaban J connectivity index is 2.06. The summed E-state index contributed by atoms with van der Waals surface area (Å²) in [6.07, 6.45) is 5.33. The van der Waals surface area contributed by atoms with Crippen molar-refractivity contribution in [1.82, 2.24) is 9.66 Å². The minimum Gasteiger partial charge on any atom is -0.265 e. The summed E-state index contributed by atoms with van der Waals surface area (Å²) in [6, 6.07) is 14.0. The monoisotopic (exact) mass is 334 g/mol. The van der Waals surface area contributed by atoms with Gasteiger partial charge in [0.1, 0.15) is 0 Å². The van der Waals surface area contributed by atoms with Gasteiger partial charge in [-0.2, -0.15) is 5.10 Å². The number of aromatic nitrogens is 2. The zero-order valence-electron chi connectivity index (χ0n) is 13.5. The Kier molecular flexibility index (Phi) is 5.13. The van der Waals surface area contributed by atoms with E-state index in [2.05, 4.69) is 39.2 Å². The lowest BCUT2D eigenvalue weighted by Gasteiger charge is -2.03. The van der Waals surface area contributed by atoms with Crippen molar-refractivity contribution in [3.8, 4) is 11.3 Å². The zero-order valence-corrected chi connectivity index (χ0v) is 14.3. The smallest absolute Gasteiger partial charge is 0.206 e. The summed E-state index contributed by atoms with van der Waals surface area (Å²) in [5.41, 5.74) is 4.15. The van der Waals surface area contributed by atoms with Gasteiger partial charge in [0.25, 0.3) is 0 Å². The van der Waals surface area contributed by atoms with Gasteiger partial charge in [0, 0.05) is 23.3 Å². The molecule has 5 heteroatoms. The molecule has 0 spiro atoms. The van der Waals surface area contributed by atoms with E-state index in [1.54, 1.807) is 23.7 Å². The second-order valence-corrected chi connectivity index (χ2v) is 6.22. The first-order valence-electron chi connectivity index (χ1n) is 7.59. The molecule has 0 unspecified atom stereocenters. The summed E-state index contributed by atoms with van der Waals surface area (Å²) < 4.78 is 1.88. The molecule has 0 radical (unpaired) electrons. The summed E-state index contributed by atoms with van der Waals surface area (Å²) in [7, 11) is 0. The third-order valence-electron chi connectivity index (χ3n) is 3.27. The van der Waals surface area contributed by atoms with Gasteiger partial charge in [-0.25, -0.2) is 4.68 Å². The maximum absolute atomic E-state index is 4.64. The van der Waals surface area contributed by atoms with Crippen molar-refractivity contribution in [2.24, 2.45) is 10.1 Å². The van der Waals surface area contributed by atoms with E-state index in [-0.39, 0.29) is 0 Å². The standard InChI is InChI=1S/C19H18N4S/c1-15(2)12-21-19-23(22-13-16-8-10-20-11-9-16)18(14-24-19)17-6-4-3-5-7-17/h3-11,13-14H,1,12H2,2H3. The van der Waals surface area contributed by atoms with Crippen LogP contribution in [0.5, 0.6) is 0 Å². The first-order chi connectivity index (χ1) is 11.7. The van der Waals surface area contributed by atoms with Gasteiger partial charge in [0.15, 0.2) is 0 Å². The number of thiazole rings is 1. The lowest BCUT2D eigenvalue weighted by Crippen LogP contribution is -2.13. The van der Waals surface area contributed by atoms with E-state index in [0.29, 0.717) is 6.54 Å². The minimum absolute atomic E-state index is 0.597. The van der Waals surface area contributed by atoms with Gasteiger partial charge in [0.05, 0.1) is 18.5 Å². The van der Waals surface area contributed by atoms with Gasteiger partial charge < -0.3 is 0 Å². The van der Waals surface area contributed by atoms with E-state index in [0.717, 1.165) is 27.2 Å². The molecular weight excluding hydrogens is 316 g/mol. The van der Waals surface area contributed by atoms with Crippen LogP contribution < -0.4 is 4.80 Å². The Morgan fingerprint density at radius 1 is 1.21 bits per heavy atom. The Labute approximate surface area is 145 Å². The molecule has 1 aromatic carbocycles. The first-order valence-corrected chi connectivity index (χ1v) is 8.47. The average Bonchev–Trinajstić information content (AvgIpc) is 3.02. The minimum atomic E-state index is 0.597. The van der Waals surface area contributed by atoms with Gasteiger partial charge in [-0.15, -0.1) is 11.3 Å². The van der Waals surface area contributed by atoms with E-state index < -0.39 is 0 Å². The fourth-order valence-electron chi connectivity index (χ4n) is 2.10. The quantitative estimate of drug-likeness (QED) is 0.514. The van der Waals surface area contributed by atoms with Crippen molar-refractivity contribution in [2.75, 3.05) is 6.54 Å². The Morgan fingerprint density at radius 2 is 1.96 bits per heavy atom. The van der Waals surface area contributed by atoms with Crippen molar-refractivity contribution in [3.63, 3.8) is 0 Å². The largest absolute Gasteiger partial charge is 0.265 e. The summed E-state index contributed by atoms with van der Waals surface area (Å²) >= 11 is 1.58. The molecule has 0 bridgehead atoms. The maximum atomic E-state index is 4.64. The highest BCUT2D eigenvalue weighted by molar-refractivity contribution is 7.07. The van der Waals surface area contributed by atoms with Gasteiger partial charge in [0.2, 0.25) is 4.80 Å². The highest BCUT2D eigenvalue weighted by Crippen LogP contribution is 2.19. The van der Waals surface area contributed by atoms with Crippen LogP contribution in [-0.2, 0) is 0 Å². The lowest BCUT2D eigenvalue weighted by atomic mass is 10.2. The number of rotatable bonds is 5. The summed E-state index contributed by atoms with van der Waals surface area (Å²) in [4.78, 5) is 9.50. The number of pyridine rings is 1. The van der Waals surface area contributed by atoms with Crippen LogP contribution in [0.2, 0.25) is 0 Å². The van der Waals surface area contributed by atoms with Crippen molar-refractivity contribution in [3.05, 3.63) is 82.8 Å². The van der Waals surface area contributed by atoms with Gasteiger partial charge in [-0.1, -0.05) is 42.5 Å². The van der Waals surface area contributed by atoms with E-state index in [4.69, 9.17) is 0 Å². The summed E-state index contributed by atoms with van der Waals surface area (Å²) in [5, 5.41) is 6.72. The molecule has 0 saturated carbocycles. The van der Waals surface area contributed by atoms with Crippen LogP contribution in [0.25, 0.3) is 11.3 Å². The van der Waals surface area contributed by atoms with Crippen LogP contribution in [0.3, 0.4) is 0 Å². The van der Waals surface area contributed by atoms with Crippen LogP contribution in [0.1, 0.15) is 12.5 Å². The second kappa shape index (κ2) is 7.66. The molecule has 2 heterocycles. The summed E-state index contributed by atoms with van der Waals surface area (Å²) in [6.45, 7) is 6.48. The number of benzene rings is 1. The first kappa shape index (κ1) is 16.1. The highest BCUT2D eigenvalue weighted by atomic mass is 32.1. The molecule has 0 N–H and O–H groups in total. The molecule has 3 rings (SSSR count). The topological polar surface area (TPSA) is 42.5 Å². The van der Waals surface area contributed by atoms with E-state index in [1.165, 1.54) is 0 Å². The molecule has 0 aliphatic heterocycles. The van der Waals surface area contributed by atoms with Gasteiger partial charge >= 0.3 is 0 Å². The molecule has 24 heavy (non-hydrogen) atoms. The Bertz CT molecular complexity index is 905. The molecular formula is C19H18N4S. The molecule has 0 aliphatic carbocycles. The third kappa shape index (κ3) is 3.94. The van der Waals surface area contributed by atoms with Gasteiger partial charge in [-0.05, 0) is 24.6 Å². The normalized spacial score (nSPS) is 12.0. The van der Waals surface area contributed by atoms with Crippen LogP contribution >= 0.6 is 11.3 Å². The fraction of sp³-hybridized carbons (Fsp3) is 0.105. The second-order valence-electron chi connectivity index (χ2n) is 5.38. The van der Waals surface area contributed by atoms with Gasteiger partial charge in [-0.3, -0.25) is 9.98 Å². The average molecular weight is 334 g/mol. The van der Waals surface area contributed by atoms with Crippen molar-refractivity contribution in [2.45, 2.75) is 6.92 Å². The molecule has 0 saturated heterocycles. The van der Waals surface area contributed by atoms with Crippen LogP contribution in [0, 0.1) is 0 Å². The van der Waals surface area contributed by atoms with Crippen molar-refractivity contribution < 1.29 is 0 Å². The predicted octanol–water partition coefficient (Wildman–Crippen LogP) is 3.97. The lowest BCUT2D eigenvalue weighted by molar-refractivity contribution is 0.836. The van der Waals surface area contributed by atoms with E-state index in [1.807, 2.05) is 48.1 Å². The third-order valence-corrected chi connectivity index (χ3v) is 4.12. The molecule has 4 nitrogen and oxygen atoms in total. The molecule has 2 aromatic heterocycles. The maximum Gasteiger partial charge on any atom is 0.206 e. The van der Waals surface area contributed by atoms with Crippen molar-refractivity contribution in [1.29, 1.82) is 0 Å². The molecule has 3 aromatic rings. The van der Waals surface area contributed by atoms with E-state index in [9.17, 15) is 0 Å². The SMILES string of the molecule is C=C(C)CN=c1scc(-c2ccccc2)n1N=Cc1ccncc1. The number of hydrogen-bond acceptors (Lipinski definition) is 4. The molecule has 120 valence electrons. The number of hydrogen-bond donors (Lipinski definition) is 0. The van der Waals surface area contributed by atoms with Crippen molar-refractivity contribution >= 4 is 17.6 Å². The summed E-state index contributed by atoms with van der Waals surface area (Å²) in [5.74, 6) is 0. The predicted molar refractivity (Wildman–Crippen MR) is 100 cm³/mol.